The van der Waals surface area contributed by atoms with Crippen molar-refractivity contribution in [2.24, 2.45) is 5.73 Å². The number of likely N-dealkylation sites (tertiary alicyclic amines) is 1. The van der Waals surface area contributed by atoms with E-state index in [9.17, 15) is 4.79 Å². The van der Waals surface area contributed by atoms with E-state index in [-0.39, 0.29) is 11.9 Å². The lowest BCUT2D eigenvalue weighted by atomic mass is 10.0. The van der Waals surface area contributed by atoms with Crippen molar-refractivity contribution < 1.29 is 4.79 Å². The van der Waals surface area contributed by atoms with Gasteiger partial charge in [0, 0.05) is 23.6 Å². The molecule has 1 saturated heterocycles. The fourth-order valence-corrected chi connectivity index (χ4v) is 2.76. The number of halogens is 1. The maximum absolute atomic E-state index is 12.4. The number of benzene rings is 1. The molecule has 2 N–H and O–H groups in total. The highest BCUT2D eigenvalue weighted by atomic mass is 79.9. The number of rotatable bonds is 2. The summed E-state index contributed by atoms with van der Waals surface area (Å²) in [6.07, 6.45) is 3.26. The van der Waals surface area contributed by atoms with Crippen LogP contribution in [0, 0.1) is 0 Å². The van der Waals surface area contributed by atoms with Crippen LogP contribution in [0.4, 0.5) is 0 Å². The number of piperidine rings is 1. The number of carbonyl (C=O) groups is 1. The lowest BCUT2D eigenvalue weighted by Gasteiger charge is -2.35. The Morgan fingerprint density at radius 1 is 1.41 bits per heavy atom. The summed E-state index contributed by atoms with van der Waals surface area (Å²) in [5.74, 6) is 0.0904. The van der Waals surface area contributed by atoms with Crippen LogP contribution in [0.5, 0.6) is 0 Å². The minimum Gasteiger partial charge on any atom is -0.334 e. The van der Waals surface area contributed by atoms with Gasteiger partial charge in [0.1, 0.15) is 0 Å². The Balaban J connectivity index is 2.21. The van der Waals surface area contributed by atoms with E-state index >= 15 is 0 Å². The maximum atomic E-state index is 12.4. The molecule has 1 heterocycles. The SMILES string of the molecule is NC[C@@H]1CCCCN1C(=O)c1ccccc1Br. The number of nitrogens with zero attached hydrogens (tertiary/aromatic N) is 1. The highest BCUT2D eigenvalue weighted by Crippen LogP contribution is 2.23. The Kier molecular flexibility index (Phi) is 4.18. The molecule has 1 amide bonds. The van der Waals surface area contributed by atoms with Crippen LogP contribution in [0.15, 0.2) is 28.7 Å². The molecular formula is C13H17BrN2O. The monoisotopic (exact) mass is 296 g/mol. The Morgan fingerprint density at radius 2 is 2.18 bits per heavy atom. The summed E-state index contributed by atoms with van der Waals surface area (Å²) < 4.78 is 0.853. The van der Waals surface area contributed by atoms with E-state index < -0.39 is 0 Å². The highest BCUT2D eigenvalue weighted by Gasteiger charge is 2.27. The van der Waals surface area contributed by atoms with Crippen LogP contribution in [0.2, 0.25) is 0 Å². The zero-order valence-electron chi connectivity index (χ0n) is 9.73. The second kappa shape index (κ2) is 5.65. The molecule has 0 saturated carbocycles. The molecule has 1 aliphatic rings. The maximum Gasteiger partial charge on any atom is 0.255 e. The predicted octanol–water partition coefficient (Wildman–Crippen LogP) is 2.40. The zero-order chi connectivity index (χ0) is 12.3. The highest BCUT2D eigenvalue weighted by molar-refractivity contribution is 9.10. The first-order chi connectivity index (χ1) is 8.24. The standard InChI is InChI=1S/C13H17BrN2O/c14-12-7-2-1-6-11(12)13(17)16-8-4-3-5-10(16)9-15/h1-2,6-7,10H,3-5,8-9,15H2/t10-/m0/s1. The summed E-state index contributed by atoms with van der Waals surface area (Å²) in [7, 11) is 0. The average Bonchev–Trinajstić information content (AvgIpc) is 2.38. The van der Waals surface area contributed by atoms with Gasteiger partial charge in [0.2, 0.25) is 0 Å². The molecule has 4 heteroatoms. The van der Waals surface area contributed by atoms with Crippen LogP contribution < -0.4 is 5.73 Å². The number of nitrogens with two attached hydrogens (primary N) is 1. The number of carbonyl (C=O) groups excluding carboxylic acids is 1. The summed E-state index contributed by atoms with van der Waals surface area (Å²) in [5.41, 5.74) is 6.47. The van der Waals surface area contributed by atoms with Crippen molar-refractivity contribution in [3.05, 3.63) is 34.3 Å². The van der Waals surface area contributed by atoms with Crippen molar-refractivity contribution in [3.63, 3.8) is 0 Å². The Hall–Kier alpha value is -0.870. The number of hydrogen-bond donors (Lipinski definition) is 1. The fourth-order valence-electron chi connectivity index (χ4n) is 2.30. The lowest BCUT2D eigenvalue weighted by Crippen LogP contribution is -2.47. The number of hydrogen-bond acceptors (Lipinski definition) is 2. The third-order valence-electron chi connectivity index (χ3n) is 3.26. The molecule has 1 aliphatic heterocycles. The molecule has 0 unspecified atom stereocenters. The molecule has 1 atom stereocenters. The largest absolute Gasteiger partial charge is 0.334 e. The van der Waals surface area contributed by atoms with Gasteiger partial charge in [-0.15, -0.1) is 0 Å². The van der Waals surface area contributed by atoms with E-state index in [1.54, 1.807) is 0 Å². The van der Waals surface area contributed by atoms with Crippen molar-refractivity contribution in [2.45, 2.75) is 25.3 Å². The summed E-state index contributed by atoms with van der Waals surface area (Å²) in [6.45, 7) is 1.37. The van der Waals surface area contributed by atoms with E-state index in [2.05, 4.69) is 15.9 Å². The lowest BCUT2D eigenvalue weighted by molar-refractivity contribution is 0.0622. The molecule has 0 radical (unpaired) electrons. The third-order valence-corrected chi connectivity index (χ3v) is 3.96. The van der Waals surface area contributed by atoms with Crippen LogP contribution in [0.25, 0.3) is 0 Å². The van der Waals surface area contributed by atoms with E-state index in [1.807, 2.05) is 29.2 Å². The quantitative estimate of drug-likeness (QED) is 0.911. The van der Waals surface area contributed by atoms with Crippen LogP contribution in [-0.2, 0) is 0 Å². The molecule has 92 valence electrons. The Morgan fingerprint density at radius 3 is 2.88 bits per heavy atom. The minimum atomic E-state index is 0.0904. The van der Waals surface area contributed by atoms with Gasteiger partial charge in [-0.1, -0.05) is 12.1 Å². The molecule has 1 aromatic rings. The van der Waals surface area contributed by atoms with Crippen LogP contribution >= 0.6 is 15.9 Å². The molecule has 3 nitrogen and oxygen atoms in total. The molecule has 0 aromatic heterocycles. The van der Waals surface area contributed by atoms with Gasteiger partial charge in [0.25, 0.3) is 5.91 Å². The average molecular weight is 297 g/mol. The van der Waals surface area contributed by atoms with Gasteiger partial charge in [-0.05, 0) is 47.3 Å². The van der Waals surface area contributed by atoms with Crippen molar-refractivity contribution in [1.82, 2.24) is 4.90 Å². The summed E-state index contributed by atoms with van der Waals surface area (Å²) in [4.78, 5) is 14.4. The molecule has 2 rings (SSSR count). The number of amides is 1. The topological polar surface area (TPSA) is 46.3 Å². The molecule has 0 aliphatic carbocycles. The van der Waals surface area contributed by atoms with Gasteiger partial charge in [-0.3, -0.25) is 4.79 Å². The van der Waals surface area contributed by atoms with Crippen molar-refractivity contribution in [3.8, 4) is 0 Å². The van der Waals surface area contributed by atoms with Crippen LogP contribution in [-0.4, -0.2) is 29.9 Å². The zero-order valence-corrected chi connectivity index (χ0v) is 11.3. The molecule has 0 spiro atoms. The molecule has 17 heavy (non-hydrogen) atoms. The van der Waals surface area contributed by atoms with Crippen molar-refractivity contribution in [2.75, 3.05) is 13.1 Å². The first-order valence-electron chi connectivity index (χ1n) is 5.99. The van der Waals surface area contributed by atoms with E-state index in [4.69, 9.17) is 5.73 Å². The fraction of sp³-hybridized carbons (Fsp3) is 0.462. The van der Waals surface area contributed by atoms with E-state index in [0.29, 0.717) is 6.54 Å². The normalized spacial score (nSPS) is 20.4. The molecule has 0 bridgehead atoms. The Bertz CT molecular complexity index is 408. The van der Waals surface area contributed by atoms with Gasteiger partial charge in [-0.25, -0.2) is 0 Å². The van der Waals surface area contributed by atoms with E-state index in [1.165, 1.54) is 6.42 Å². The summed E-state index contributed by atoms with van der Waals surface area (Å²) in [6, 6.07) is 7.75. The molecule has 1 fully saturated rings. The smallest absolute Gasteiger partial charge is 0.255 e. The second-order valence-corrected chi connectivity index (χ2v) is 5.22. The van der Waals surface area contributed by atoms with E-state index in [0.717, 1.165) is 29.4 Å². The summed E-state index contributed by atoms with van der Waals surface area (Å²) >= 11 is 3.43. The predicted molar refractivity (Wildman–Crippen MR) is 71.9 cm³/mol. The molecular weight excluding hydrogens is 280 g/mol. The Labute approximate surface area is 110 Å². The first kappa shape index (κ1) is 12.6. The van der Waals surface area contributed by atoms with Gasteiger partial charge in [0.15, 0.2) is 0 Å². The van der Waals surface area contributed by atoms with Gasteiger partial charge in [-0.2, -0.15) is 0 Å². The molecule has 1 aromatic carbocycles. The van der Waals surface area contributed by atoms with Gasteiger partial charge in [0.05, 0.1) is 5.56 Å². The van der Waals surface area contributed by atoms with Crippen molar-refractivity contribution >= 4 is 21.8 Å². The van der Waals surface area contributed by atoms with Gasteiger partial charge < -0.3 is 10.6 Å². The van der Waals surface area contributed by atoms with Crippen LogP contribution in [0.1, 0.15) is 29.6 Å². The first-order valence-corrected chi connectivity index (χ1v) is 6.79. The third kappa shape index (κ3) is 2.69. The minimum absolute atomic E-state index is 0.0904. The second-order valence-electron chi connectivity index (χ2n) is 4.36. The van der Waals surface area contributed by atoms with Crippen LogP contribution in [0.3, 0.4) is 0 Å². The van der Waals surface area contributed by atoms with Crippen molar-refractivity contribution in [1.29, 1.82) is 0 Å². The van der Waals surface area contributed by atoms with Gasteiger partial charge >= 0.3 is 0 Å². The summed E-state index contributed by atoms with van der Waals surface area (Å²) in [5, 5.41) is 0.